The number of nitrogens with zero attached hydrogens (tertiary/aromatic N) is 1. The Morgan fingerprint density at radius 3 is 2.86 bits per heavy atom. The zero-order valence-corrected chi connectivity index (χ0v) is 16.8. The molecule has 1 amide bonds. The van der Waals surface area contributed by atoms with Crippen molar-refractivity contribution in [3.63, 3.8) is 0 Å². The first kappa shape index (κ1) is 20.0. The van der Waals surface area contributed by atoms with E-state index in [9.17, 15) is 9.59 Å². The highest BCUT2D eigenvalue weighted by Gasteiger charge is 2.19. The average molecular weight is 402 g/mol. The van der Waals surface area contributed by atoms with Crippen LogP contribution in [0.25, 0.3) is 21.5 Å². The van der Waals surface area contributed by atoms with Crippen LogP contribution in [0, 0.1) is 6.92 Å². The summed E-state index contributed by atoms with van der Waals surface area (Å²) >= 11 is 1.40. The number of carbonyl (C=O) groups is 1. The lowest BCUT2D eigenvalue weighted by molar-refractivity contribution is -0.127. The molecule has 0 unspecified atom stereocenters. The molecule has 3 rings (SSSR count). The van der Waals surface area contributed by atoms with Crippen molar-refractivity contribution < 1.29 is 19.1 Å². The van der Waals surface area contributed by atoms with Crippen molar-refractivity contribution in [2.24, 2.45) is 0 Å². The molecule has 1 atom stereocenters. The second-order valence-corrected chi connectivity index (χ2v) is 7.22. The number of aliphatic hydroxyl groups excluding tert-OH is 1. The van der Waals surface area contributed by atoms with Crippen LogP contribution in [0.5, 0.6) is 5.75 Å². The first-order chi connectivity index (χ1) is 13.4. The number of benzene rings is 1. The fourth-order valence-electron chi connectivity index (χ4n) is 2.78. The minimum absolute atomic E-state index is 0.138. The molecule has 2 N–H and O–H groups in total. The van der Waals surface area contributed by atoms with Gasteiger partial charge in [0, 0.05) is 23.7 Å². The fourth-order valence-corrected chi connectivity index (χ4v) is 3.58. The molecule has 0 saturated heterocycles. The van der Waals surface area contributed by atoms with Gasteiger partial charge >= 0.3 is 0 Å². The molecular weight excluding hydrogens is 380 g/mol. The Labute approximate surface area is 166 Å². The van der Waals surface area contributed by atoms with Crippen molar-refractivity contribution in [1.29, 1.82) is 0 Å². The van der Waals surface area contributed by atoms with Crippen molar-refractivity contribution >= 4 is 28.2 Å². The van der Waals surface area contributed by atoms with Gasteiger partial charge in [0.1, 0.15) is 22.6 Å². The number of hydrogen-bond acceptors (Lipinski definition) is 7. The second kappa shape index (κ2) is 8.53. The van der Waals surface area contributed by atoms with Crippen molar-refractivity contribution in [2.75, 3.05) is 13.2 Å². The van der Waals surface area contributed by atoms with E-state index in [-0.39, 0.29) is 24.5 Å². The molecule has 0 aliphatic carbocycles. The van der Waals surface area contributed by atoms with Gasteiger partial charge in [0.05, 0.1) is 17.6 Å². The van der Waals surface area contributed by atoms with Gasteiger partial charge in [0.25, 0.3) is 5.91 Å². The molecule has 2 aromatic heterocycles. The molecule has 0 saturated carbocycles. The number of carbonyl (C=O) groups excluding carboxylic acids is 1. The molecule has 0 spiro atoms. The number of thiazole rings is 1. The third-order valence-electron chi connectivity index (χ3n) is 4.27. The molecule has 148 valence electrons. The Kier molecular flexibility index (Phi) is 6.11. The summed E-state index contributed by atoms with van der Waals surface area (Å²) in [5, 5.41) is 14.4. The van der Waals surface area contributed by atoms with E-state index in [0.29, 0.717) is 33.7 Å². The van der Waals surface area contributed by atoms with E-state index in [4.69, 9.17) is 14.3 Å². The number of aliphatic hydroxyl groups is 1. The predicted molar refractivity (Wildman–Crippen MR) is 108 cm³/mol. The summed E-state index contributed by atoms with van der Waals surface area (Å²) in [6, 6.07) is 3.39. The first-order valence-electron chi connectivity index (χ1n) is 9.00. The average Bonchev–Trinajstić information content (AvgIpc) is 3.11. The molecule has 8 heteroatoms. The van der Waals surface area contributed by atoms with Gasteiger partial charge in [0.2, 0.25) is 5.43 Å². The topological polar surface area (TPSA) is 102 Å². The van der Waals surface area contributed by atoms with Gasteiger partial charge in [-0.1, -0.05) is 6.92 Å². The van der Waals surface area contributed by atoms with E-state index in [1.54, 1.807) is 19.1 Å². The highest BCUT2D eigenvalue weighted by atomic mass is 32.1. The number of aryl methyl sites for hydroxylation is 2. The molecule has 2 heterocycles. The van der Waals surface area contributed by atoms with Crippen LogP contribution in [0.15, 0.2) is 33.0 Å². The number of ether oxygens (including phenoxy) is 1. The van der Waals surface area contributed by atoms with Crippen LogP contribution in [0.3, 0.4) is 0 Å². The SMILES string of the molecule is CCc1cc2c(=O)c(-c3nc(C)cs3)coc2cc1O[C@@H](C)C(=O)NCCO. The van der Waals surface area contributed by atoms with Crippen LogP contribution in [-0.2, 0) is 11.2 Å². The van der Waals surface area contributed by atoms with Crippen LogP contribution in [-0.4, -0.2) is 35.3 Å². The van der Waals surface area contributed by atoms with E-state index in [2.05, 4.69) is 10.3 Å². The molecule has 0 fully saturated rings. The van der Waals surface area contributed by atoms with Crippen molar-refractivity contribution in [2.45, 2.75) is 33.3 Å². The number of aromatic nitrogens is 1. The monoisotopic (exact) mass is 402 g/mol. The van der Waals surface area contributed by atoms with Crippen LogP contribution in [0.1, 0.15) is 25.1 Å². The van der Waals surface area contributed by atoms with Crippen molar-refractivity contribution in [1.82, 2.24) is 10.3 Å². The summed E-state index contributed by atoms with van der Waals surface area (Å²) in [7, 11) is 0. The normalized spacial score (nSPS) is 12.1. The highest BCUT2D eigenvalue weighted by molar-refractivity contribution is 7.13. The van der Waals surface area contributed by atoms with Gasteiger partial charge in [0.15, 0.2) is 6.10 Å². The summed E-state index contributed by atoms with van der Waals surface area (Å²) < 4.78 is 11.5. The summed E-state index contributed by atoms with van der Waals surface area (Å²) in [6.45, 7) is 5.47. The van der Waals surface area contributed by atoms with E-state index in [1.165, 1.54) is 17.6 Å². The maximum Gasteiger partial charge on any atom is 0.260 e. The summed E-state index contributed by atoms with van der Waals surface area (Å²) in [5.41, 5.74) is 2.32. The molecule has 3 aromatic rings. The van der Waals surface area contributed by atoms with Gasteiger partial charge in [-0.05, 0) is 31.9 Å². The molecule has 7 nitrogen and oxygen atoms in total. The van der Waals surface area contributed by atoms with Crippen molar-refractivity contribution in [3.05, 3.63) is 45.3 Å². The minimum Gasteiger partial charge on any atom is -0.480 e. The molecule has 0 aliphatic rings. The summed E-state index contributed by atoms with van der Waals surface area (Å²) in [4.78, 5) is 29.3. The second-order valence-electron chi connectivity index (χ2n) is 6.36. The molecule has 1 aromatic carbocycles. The Hall–Kier alpha value is -2.71. The van der Waals surface area contributed by atoms with Gasteiger partial charge in [-0.15, -0.1) is 11.3 Å². The number of amides is 1. The number of nitrogens with one attached hydrogen (secondary N) is 1. The van der Waals surface area contributed by atoms with E-state index >= 15 is 0 Å². The van der Waals surface area contributed by atoms with Gasteiger partial charge in [-0.2, -0.15) is 0 Å². The Morgan fingerprint density at radius 1 is 1.43 bits per heavy atom. The third kappa shape index (κ3) is 4.07. The van der Waals surface area contributed by atoms with Crippen LogP contribution < -0.4 is 15.5 Å². The standard InChI is InChI=1S/C20H22N2O5S/c1-4-13-7-14-17(8-16(13)27-12(3)19(25)21-5-6-23)26-9-15(18(14)24)20-22-11(2)10-28-20/h7-10,12,23H,4-6H2,1-3H3,(H,21,25)/t12-/m0/s1. The van der Waals surface area contributed by atoms with Crippen LogP contribution in [0.4, 0.5) is 0 Å². The smallest absolute Gasteiger partial charge is 0.260 e. The van der Waals surface area contributed by atoms with Gasteiger partial charge in [-0.25, -0.2) is 4.98 Å². The molecule has 28 heavy (non-hydrogen) atoms. The Bertz CT molecular complexity index is 1060. The predicted octanol–water partition coefficient (Wildman–Crippen LogP) is 2.66. The summed E-state index contributed by atoms with van der Waals surface area (Å²) in [6.07, 6.45) is 1.28. The Morgan fingerprint density at radius 2 is 2.21 bits per heavy atom. The maximum absolute atomic E-state index is 12.9. The fraction of sp³-hybridized carbons (Fsp3) is 0.350. The van der Waals surface area contributed by atoms with E-state index in [0.717, 1.165) is 11.3 Å². The quantitative estimate of drug-likeness (QED) is 0.630. The van der Waals surface area contributed by atoms with Gasteiger partial charge < -0.3 is 19.6 Å². The minimum atomic E-state index is -0.751. The zero-order valence-electron chi connectivity index (χ0n) is 15.9. The first-order valence-corrected chi connectivity index (χ1v) is 9.88. The van der Waals surface area contributed by atoms with Crippen molar-refractivity contribution in [3.8, 4) is 16.3 Å². The lowest BCUT2D eigenvalue weighted by Crippen LogP contribution is -2.37. The van der Waals surface area contributed by atoms with E-state index < -0.39 is 6.10 Å². The number of fused-ring (bicyclic) bond motifs is 1. The Balaban J connectivity index is 1.98. The summed E-state index contributed by atoms with van der Waals surface area (Å²) in [5.74, 6) is 0.162. The zero-order chi connectivity index (χ0) is 20.3. The lowest BCUT2D eigenvalue weighted by atomic mass is 10.1. The molecular formula is C20H22N2O5S. The molecule has 0 aliphatic heterocycles. The third-order valence-corrected chi connectivity index (χ3v) is 5.26. The number of hydrogen-bond donors (Lipinski definition) is 2. The molecule has 0 bridgehead atoms. The lowest BCUT2D eigenvalue weighted by Gasteiger charge is -2.17. The van der Waals surface area contributed by atoms with E-state index in [1.807, 2.05) is 19.2 Å². The largest absolute Gasteiger partial charge is 0.480 e. The molecule has 0 radical (unpaired) electrons. The van der Waals surface area contributed by atoms with Crippen LogP contribution in [0.2, 0.25) is 0 Å². The number of rotatable bonds is 7. The van der Waals surface area contributed by atoms with Gasteiger partial charge in [-0.3, -0.25) is 9.59 Å². The maximum atomic E-state index is 12.9. The van der Waals surface area contributed by atoms with Crippen LogP contribution >= 0.6 is 11.3 Å². The highest BCUT2D eigenvalue weighted by Crippen LogP contribution is 2.29.